The van der Waals surface area contributed by atoms with Crippen molar-refractivity contribution in [2.24, 2.45) is 11.0 Å². The van der Waals surface area contributed by atoms with Gasteiger partial charge >= 0.3 is 18.0 Å². The number of carbonyl (C=O) groups is 1. The maximum atomic E-state index is 14.2. The highest BCUT2D eigenvalue weighted by molar-refractivity contribution is 5.91. The number of hydrazone groups is 1. The molecule has 0 radical (unpaired) electrons. The van der Waals surface area contributed by atoms with Crippen molar-refractivity contribution in [3.05, 3.63) is 0 Å². The van der Waals surface area contributed by atoms with Crippen molar-refractivity contribution < 1.29 is 40.6 Å². The number of alkyl halides is 7. The predicted octanol–water partition coefficient (Wildman–Crippen LogP) is 3.94. The summed E-state index contributed by atoms with van der Waals surface area (Å²) >= 11 is 0. The summed E-state index contributed by atoms with van der Waals surface area (Å²) in [4.78, 5) is 12.0. The molecule has 25 heavy (non-hydrogen) atoms. The normalized spacial score (nSPS) is 22.6. The predicted molar refractivity (Wildman–Crippen MR) is 74.2 cm³/mol. The van der Waals surface area contributed by atoms with E-state index in [1.165, 1.54) is 13.8 Å². The Morgan fingerprint density at radius 1 is 1.24 bits per heavy atom. The Bertz CT molecular complexity index is 546. The van der Waals surface area contributed by atoms with E-state index < -0.39 is 42.0 Å². The van der Waals surface area contributed by atoms with E-state index in [1.54, 1.807) is 6.92 Å². The summed E-state index contributed by atoms with van der Waals surface area (Å²) in [6.07, 6.45) is -6.99. The SMILES string of the molecule is CCCCC1=NN(C(=O)C(C)C)[C@](O)(C(F)(F)C(F)(F)C(F)(F)F)C1. The summed E-state index contributed by atoms with van der Waals surface area (Å²) in [5.74, 6) is -14.9. The zero-order chi connectivity index (χ0) is 19.8. The Morgan fingerprint density at radius 2 is 1.76 bits per heavy atom. The molecule has 1 aliphatic heterocycles. The van der Waals surface area contributed by atoms with Crippen LogP contribution in [-0.4, -0.2) is 45.5 Å². The number of hydrogen-bond acceptors (Lipinski definition) is 3. The monoisotopic (exact) mass is 380 g/mol. The molecule has 1 amide bonds. The summed E-state index contributed by atoms with van der Waals surface area (Å²) in [6, 6.07) is 0. The maximum absolute atomic E-state index is 14.2. The van der Waals surface area contributed by atoms with E-state index in [-0.39, 0.29) is 17.1 Å². The number of unbranched alkanes of at least 4 members (excludes halogenated alkanes) is 1. The smallest absolute Gasteiger partial charge is 0.364 e. The molecule has 146 valence electrons. The Labute approximate surface area is 139 Å². The fourth-order valence-electron chi connectivity index (χ4n) is 2.29. The molecule has 1 aliphatic rings. The summed E-state index contributed by atoms with van der Waals surface area (Å²) in [5, 5.41) is 13.2. The average molecular weight is 380 g/mol. The van der Waals surface area contributed by atoms with Gasteiger partial charge in [0.2, 0.25) is 11.6 Å². The summed E-state index contributed by atoms with van der Waals surface area (Å²) in [7, 11) is 0. The van der Waals surface area contributed by atoms with Gasteiger partial charge in [-0.2, -0.15) is 40.8 Å². The van der Waals surface area contributed by atoms with Gasteiger partial charge in [-0.05, 0) is 12.8 Å². The number of amides is 1. The molecule has 0 aromatic rings. The van der Waals surface area contributed by atoms with Gasteiger partial charge in [-0.1, -0.05) is 27.2 Å². The van der Waals surface area contributed by atoms with Crippen molar-refractivity contribution in [2.45, 2.75) is 70.2 Å². The fraction of sp³-hybridized carbons (Fsp3) is 0.857. The summed E-state index contributed by atoms with van der Waals surface area (Å²) in [6.45, 7) is 4.15. The van der Waals surface area contributed by atoms with Gasteiger partial charge in [-0.15, -0.1) is 0 Å². The van der Waals surface area contributed by atoms with E-state index >= 15 is 0 Å². The van der Waals surface area contributed by atoms with Gasteiger partial charge in [0.1, 0.15) is 0 Å². The van der Waals surface area contributed by atoms with Crippen LogP contribution < -0.4 is 0 Å². The molecule has 0 unspecified atom stereocenters. The molecular formula is C14H19F7N2O2. The van der Waals surface area contributed by atoms with Crippen LogP contribution in [0.5, 0.6) is 0 Å². The van der Waals surface area contributed by atoms with E-state index in [2.05, 4.69) is 5.10 Å². The molecule has 1 atom stereocenters. The zero-order valence-corrected chi connectivity index (χ0v) is 13.8. The van der Waals surface area contributed by atoms with Crippen LogP contribution in [0.2, 0.25) is 0 Å². The highest BCUT2D eigenvalue weighted by Gasteiger charge is 2.82. The number of rotatable bonds is 6. The third-order valence-electron chi connectivity index (χ3n) is 3.82. The zero-order valence-electron chi connectivity index (χ0n) is 13.8. The lowest BCUT2D eigenvalue weighted by Crippen LogP contribution is -2.69. The van der Waals surface area contributed by atoms with E-state index in [4.69, 9.17) is 0 Å². The molecule has 0 aromatic carbocycles. The van der Waals surface area contributed by atoms with E-state index in [0.717, 1.165) is 0 Å². The third kappa shape index (κ3) is 3.47. The van der Waals surface area contributed by atoms with Gasteiger partial charge in [0.15, 0.2) is 0 Å². The summed E-state index contributed by atoms with van der Waals surface area (Å²) < 4.78 is 92.5. The van der Waals surface area contributed by atoms with Crippen LogP contribution in [0.25, 0.3) is 0 Å². The molecule has 0 spiro atoms. The van der Waals surface area contributed by atoms with Crippen molar-refractivity contribution in [1.29, 1.82) is 0 Å². The lowest BCUT2D eigenvalue weighted by atomic mass is 9.91. The van der Waals surface area contributed by atoms with Crippen molar-refractivity contribution >= 4 is 11.6 Å². The van der Waals surface area contributed by atoms with Gasteiger partial charge in [0.25, 0.3) is 0 Å². The Morgan fingerprint density at radius 3 is 2.16 bits per heavy atom. The largest absolute Gasteiger partial charge is 0.460 e. The molecule has 0 saturated heterocycles. The number of halogens is 7. The molecule has 0 bridgehead atoms. The van der Waals surface area contributed by atoms with Crippen LogP contribution in [0.15, 0.2) is 5.10 Å². The van der Waals surface area contributed by atoms with E-state index in [1.807, 2.05) is 0 Å². The first-order valence-electron chi connectivity index (χ1n) is 7.58. The molecule has 0 aliphatic carbocycles. The molecule has 1 rings (SSSR count). The average Bonchev–Trinajstić information content (AvgIpc) is 2.81. The molecule has 1 heterocycles. The van der Waals surface area contributed by atoms with Crippen LogP contribution in [0, 0.1) is 5.92 Å². The summed E-state index contributed by atoms with van der Waals surface area (Å²) in [5.41, 5.74) is -4.34. The van der Waals surface area contributed by atoms with Crippen LogP contribution in [0.4, 0.5) is 30.7 Å². The van der Waals surface area contributed by atoms with Crippen LogP contribution >= 0.6 is 0 Å². The van der Waals surface area contributed by atoms with Gasteiger partial charge < -0.3 is 5.11 Å². The minimum Gasteiger partial charge on any atom is -0.364 e. The number of carbonyl (C=O) groups excluding carboxylic acids is 1. The van der Waals surface area contributed by atoms with Crippen molar-refractivity contribution in [2.75, 3.05) is 0 Å². The fourth-order valence-corrected chi connectivity index (χ4v) is 2.29. The standard InChI is InChI=1S/C14H19F7N2O2/c1-4-5-6-9-7-11(25,23(22-9)10(24)8(2)3)12(15,16)13(17,18)14(19,20)21/h8,25H,4-7H2,1-3H3/t11-/m1/s1. The second-order valence-corrected chi connectivity index (χ2v) is 6.21. The van der Waals surface area contributed by atoms with Gasteiger partial charge in [0.05, 0.1) is 0 Å². The first kappa shape index (κ1) is 21.7. The van der Waals surface area contributed by atoms with Gasteiger partial charge in [-0.25, -0.2) is 0 Å². The Kier molecular flexibility index (Phi) is 5.83. The van der Waals surface area contributed by atoms with Gasteiger partial charge in [0, 0.05) is 18.1 Å². The van der Waals surface area contributed by atoms with Crippen molar-refractivity contribution in [1.82, 2.24) is 5.01 Å². The minimum absolute atomic E-state index is 0.0195. The Balaban J connectivity index is 3.39. The minimum atomic E-state index is -6.62. The van der Waals surface area contributed by atoms with Crippen molar-refractivity contribution in [3.8, 4) is 0 Å². The lowest BCUT2D eigenvalue weighted by molar-refractivity contribution is -0.401. The lowest BCUT2D eigenvalue weighted by Gasteiger charge is -2.41. The molecule has 4 nitrogen and oxygen atoms in total. The van der Waals surface area contributed by atoms with Crippen LogP contribution in [-0.2, 0) is 4.79 Å². The second kappa shape index (κ2) is 6.73. The van der Waals surface area contributed by atoms with Gasteiger partial charge in [-0.3, -0.25) is 4.79 Å². The first-order chi connectivity index (χ1) is 11.1. The highest BCUT2D eigenvalue weighted by Crippen LogP contribution is 2.54. The molecule has 0 saturated carbocycles. The maximum Gasteiger partial charge on any atom is 0.460 e. The van der Waals surface area contributed by atoms with E-state index in [0.29, 0.717) is 12.8 Å². The van der Waals surface area contributed by atoms with Crippen molar-refractivity contribution in [3.63, 3.8) is 0 Å². The molecular weight excluding hydrogens is 361 g/mol. The first-order valence-corrected chi connectivity index (χ1v) is 7.58. The molecule has 0 aromatic heterocycles. The molecule has 11 heteroatoms. The molecule has 0 fully saturated rings. The number of aliphatic hydroxyl groups is 1. The Hall–Kier alpha value is -1.39. The second-order valence-electron chi connectivity index (χ2n) is 6.21. The van der Waals surface area contributed by atoms with Crippen LogP contribution in [0.3, 0.4) is 0 Å². The molecule has 1 N–H and O–H groups in total. The number of hydrogen-bond donors (Lipinski definition) is 1. The van der Waals surface area contributed by atoms with E-state index in [9.17, 15) is 40.6 Å². The third-order valence-corrected chi connectivity index (χ3v) is 3.82. The quantitative estimate of drug-likeness (QED) is 0.710. The highest BCUT2D eigenvalue weighted by atomic mass is 19.4. The number of nitrogens with zero attached hydrogens (tertiary/aromatic N) is 2. The van der Waals surface area contributed by atoms with Crippen LogP contribution in [0.1, 0.15) is 46.5 Å². The topological polar surface area (TPSA) is 52.9 Å².